The molecular weight excluding hydrogens is 225 g/mol. The van der Waals surface area contributed by atoms with Crippen molar-refractivity contribution in [2.45, 2.75) is 13.1 Å². The lowest BCUT2D eigenvalue weighted by Gasteiger charge is -2.09. The van der Waals surface area contributed by atoms with Crippen molar-refractivity contribution in [2.24, 2.45) is 0 Å². The van der Waals surface area contributed by atoms with E-state index in [2.05, 4.69) is 9.72 Å². The first kappa shape index (κ1) is 12.3. The van der Waals surface area contributed by atoms with Crippen LogP contribution in [0.3, 0.4) is 0 Å². The first-order chi connectivity index (χ1) is 7.36. The molecule has 4 nitrogen and oxygen atoms in total. The molecule has 1 heterocycles. The zero-order valence-electron chi connectivity index (χ0n) is 8.34. The van der Waals surface area contributed by atoms with Crippen LogP contribution in [0.15, 0.2) is 12.1 Å². The lowest BCUT2D eigenvalue weighted by Crippen LogP contribution is -2.16. The second-order valence-electron chi connectivity index (χ2n) is 2.85. The third-order valence-electron chi connectivity index (χ3n) is 1.68. The fourth-order valence-electron chi connectivity index (χ4n) is 1.02. The van der Waals surface area contributed by atoms with Gasteiger partial charge in [0.2, 0.25) is 0 Å². The maximum atomic E-state index is 12.4. The zero-order valence-corrected chi connectivity index (χ0v) is 8.34. The van der Waals surface area contributed by atoms with Crippen LogP contribution < -0.4 is 5.73 Å². The predicted molar refractivity (Wildman–Crippen MR) is 49.6 cm³/mol. The van der Waals surface area contributed by atoms with Gasteiger partial charge in [0, 0.05) is 0 Å². The summed E-state index contributed by atoms with van der Waals surface area (Å²) in [5.74, 6) is -0.909. The minimum absolute atomic E-state index is 0.0617. The quantitative estimate of drug-likeness (QED) is 0.793. The van der Waals surface area contributed by atoms with Crippen molar-refractivity contribution in [3.8, 4) is 0 Å². The van der Waals surface area contributed by atoms with Gasteiger partial charge in [-0.15, -0.1) is 0 Å². The van der Waals surface area contributed by atoms with Crippen LogP contribution in [0, 0.1) is 0 Å². The molecule has 0 aromatic carbocycles. The Bertz CT molecular complexity index is 404. The smallest absolute Gasteiger partial charge is 0.435 e. The molecule has 0 spiro atoms. The van der Waals surface area contributed by atoms with Crippen LogP contribution in [0.5, 0.6) is 0 Å². The highest BCUT2D eigenvalue weighted by Crippen LogP contribution is 2.31. The Hall–Kier alpha value is -1.79. The van der Waals surface area contributed by atoms with E-state index < -0.39 is 29.2 Å². The number of carbonyl (C=O) groups is 1. The molecule has 16 heavy (non-hydrogen) atoms. The average Bonchev–Trinajstić information content (AvgIpc) is 2.16. The van der Waals surface area contributed by atoms with E-state index in [1.54, 1.807) is 6.92 Å². The highest BCUT2D eigenvalue weighted by Gasteiger charge is 2.35. The molecular formula is C9H9F3N2O2. The van der Waals surface area contributed by atoms with Gasteiger partial charge >= 0.3 is 12.1 Å². The standard InChI is InChI=1S/C9H9F3N2O2/c1-2-16-8(15)6-4-3-5(13)7(14-6)9(10,11)12/h3-4H,2,13H2,1H3. The number of esters is 1. The molecule has 0 saturated heterocycles. The molecule has 0 radical (unpaired) electrons. The van der Waals surface area contributed by atoms with Crippen LogP contribution in [-0.2, 0) is 10.9 Å². The van der Waals surface area contributed by atoms with E-state index in [1.807, 2.05) is 0 Å². The van der Waals surface area contributed by atoms with Gasteiger partial charge in [-0.25, -0.2) is 9.78 Å². The van der Waals surface area contributed by atoms with Gasteiger partial charge in [0.05, 0.1) is 12.3 Å². The van der Waals surface area contributed by atoms with Crippen molar-refractivity contribution in [3.63, 3.8) is 0 Å². The number of nitrogen functional groups attached to an aromatic ring is 1. The first-order valence-corrected chi connectivity index (χ1v) is 4.37. The monoisotopic (exact) mass is 234 g/mol. The van der Waals surface area contributed by atoms with Crippen molar-refractivity contribution >= 4 is 11.7 Å². The maximum absolute atomic E-state index is 12.4. The van der Waals surface area contributed by atoms with Gasteiger partial charge in [-0.1, -0.05) is 0 Å². The van der Waals surface area contributed by atoms with Crippen LogP contribution >= 0.6 is 0 Å². The Morgan fingerprint density at radius 3 is 2.62 bits per heavy atom. The average molecular weight is 234 g/mol. The van der Waals surface area contributed by atoms with Crippen molar-refractivity contribution < 1.29 is 22.7 Å². The molecule has 1 rings (SSSR count). The number of ether oxygens (including phenoxy) is 1. The van der Waals surface area contributed by atoms with E-state index in [9.17, 15) is 18.0 Å². The zero-order chi connectivity index (χ0) is 12.3. The summed E-state index contributed by atoms with van der Waals surface area (Å²) in [5.41, 5.74) is 2.89. The largest absolute Gasteiger partial charge is 0.461 e. The number of carbonyl (C=O) groups excluding carboxylic acids is 1. The Morgan fingerprint density at radius 2 is 2.12 bits per heavy atom. The minimum Gasteiger partial charge on any atom is -0.461 e. The molecule has 1 aromatic rings. The Labute approximate surface area is 89.2 Å². The van der Waals surface area contributed by atoms with Crippen molar-refractivity contribution in [1.29, 1.82) is 0 Å². The number of nitrogens with zero attached hydrogens (tertiary/aromatic N) is 1. The molecule has 7 heteroatoms. The molecule has 0 saturated carbocycles. The summed E-state index contributed by atoms with van der Waals surface area (Å²) in [4.78, 5) is 14.3. The van der Waals surface area contributed by atoms with Crippen LogP contribution in [0.4, 0.5) is 18.9 Å². The Morgan fingerprint density at radius 1 is 1.50 bits per heavy atom. The van der Waals surface area contributed by atoms with E-state index >= 15 is 0 Å². The fourth-order valence-corrected chi connectivity index (χ4v) is 1.02. The molecule has 0 aliphatic carbocycles. The van der Waals surface area contributed by atoms with Crippen molar-refractivity contribution in [3.05, 3.63) is 23.5 Å². The normalized spacial score (nSPS) is 11.2. The molecule has 2 N–H and O–H groups in total. The highest BCUT2D eigenvalue weighted by molar-refractivity contribution is 5.87. The molecule has 0 aliphatic heterocycles. The number of hydrogen-bond donors (Lipinski definition) is 1. The highest BCUT2D eigenvalue weighted by atomic mass is 19.4. The van der Waals surface area contributed by atoms with Crippen molar-refractivity contribution in [1.82, 2.24) is 4.98 Å². The molecule has 0 unspecified atom stereocenters. The Balaban J connectivity index is 3.13. The van der Waals surface area contributed by atoms with Crippen LogP contribution in [-0.4, -0.2) is 17.6 Å². The molecule has 88 valence electrons. The third kappa shape index (κ3) is 2.62. The van der Waals surface area contributed by atoms with Gasteiger partial charge in [0.1, 0.15) is 5.69 Å². The minimum atomic E-state index is -4.69. The van der Waals surface area contributed by atoms with E-state index in [-0.39, 0.29) is 6.61 Å². The number of hydrogen-bond acceptors (Lipinski definition) is 4. The number of nitrogens with two attached hydrogens (primary N) is 1. The van der Waals surface area contributed by atoms with Crippen molar-refractivity contribution in [2.75, 3.05) is 12.3 Å². The predicted octanol–water partition coefficient (Wildman–Crippen LogP) is 1.86. The number of alkyl halides is 3. The molecule has 0 amide bonds. The molecule has 0 atom stereocenters. The van der Waals surface area contributed by atoms with E-state index in [0.717, 1.165) is 12.1 Å². The SMILES string of the molecule is CCOC(=O)c1ccc(N)c(C(F)(F)F)n1. The second-order valence-corrected chi connectivity index (χ2v) is 2.85. The number of pyridine rings is 1. The first-order valence-electron chi connectivity index (χ1n) is 4.37. The third-order valence-corrected chi connectivity index (χ3v) is 1.68. The molecule has 1 aromatic heterocycles. The van der Waals surface area contributed by atoms with Crippen LogP contribution in [0.1, 0.15) is 23.1 Å². The maximum Gasteiger partial charge on any atom is 0.435 e. The summed E-state index contributed by atoms with van der Waals surface area (Å²) >= 11 is 0. The van der Waals surface area contributed by atoms with Gasteiger partial charge in [-0.2, -0.15) is 13.2 Å². The summed E-state index contributed by atoms with van der Waals surface area (Å²) in [6.07, 6.45) is -4.69. The van der Waals surface area contributed by atoms with E-state index in [4.69, 9.17) is 5.73 Å². The Kier molecular flexibility index (Phi) is 3.36. The summed E-state index contributed by atoms with van der Waals surface area (Å²) in [6, 6.07) is 2.06. The number of halogens is 3. The second kappa shape index (κ2) is 4.38. The number of rotatable bonds is 2. The fraction of sp³-hybridized carbons (Fsp3) is 0.333. The van der Waals surface area contributed by atoms with Gasteiger partial charge in [-0.3, -0.25) is 0 Å². The van der Waals surface area contributed by atoms with Crippen LogP contribution in [0.25, 0.3) is 0 Å². The summed E-state index contributed by atoms with van der Waals surface area (Å²) in [5, 5.41) is 0. The lowest BCUT2D eigenvalue weighted by atomic mass is 10.2. The van der Waals surface area contributed by atoms with Gasteiger partial charge < -0.3 is 10.5 Å². The lowest BCUT2D eigenvalue weighted by molar-refractivity contribution is -0.140. The van der Waals surface area contributed by atoms with Crippen LogP contribution in [0.2, 0.25) is 0 Å². The summed E-state index contributed by atoms with van der Waals surface area (Å²) < 4.78 is 41.7. The van der Waals surface area contributed by atoms with Gasteiger partial charge in [0.25, 0.3) is 0 Å². The molecule has 0 bridgehead atoms. The number of aromatic nitrogens is 1. The number of anilines is 1. The summed E-state index contributed by atoms with van der Waals surface area (Å²) in [7, 11) is 0. The van der Waals surface area contributed by atoms with E-state index in [1.165, 1.54) is 0 Å². The van der Waals surface area contributed by atoms with Gasteiger partial charge in [-0.05, 0) is 19.1 Å². The van der Waals surface area contributed by atoms with Gasteiger partial charge in [0.15, 0.2) is 5.69 Å². The molecule has 0 fully saturated rings. The van der Waals surface area contributed by atoms with E-state index in [0.29, 0.717) is 0 Å². The topological polar surface area (TPSA) is 65.2 Å². The molecule has 0 aliphatic rings. The summed E-state index contributed by atoms with van der Waals surface area (Å²) in [6.45, 7) is 1.60.